The number of likely N-dealkylation sites (tertiary alicyclic amines) is 1. The van der Waals surface area contributed by atoms with Crippen LogP contribution in [-0.4, -0.2) is 65.1 Å². The highest BCUT2D eigenvalue weighted by Gasteiger charge is 2.54. The van der Waals surface area contributed by atoms with Crippen molar-refractivity contribution in [2.24, 2.45) is 5.41 Å². The predicted molar refractivity (Wildman–Crippen MR) is 147 cm³/mol. The highest BCUT2D eigenvalue weighted by Crippen LogP contribution is 2.42. The molecule has 0 unspecified atom stereocenters. The van der Waals surface area contributed by atoms with Gasteiger partial charge in [-0.15, -0.1) is 0 Å². The SMILES string of the molecule is CN(Cc1ccccc1)c1cc(/C=C2/SC(=O)NC2=O)nc(N2CC3(CN(C(=O)c4ccccc4)C3)C2)n1. The molecule has 9 nitrogen and oxygen atoms in total. The number of aromatic nitrogens is 2. The average molecular weight is 527 g/mol. The first-order valence-corrected chi connectivity index (χ1v) is 13.2. The van der Waals surface area contributed by atoms with Gasteiger partial charge in [-0.05, 0) is 35.5 Å². The maximum atomic E-state index is 12.8. The Labute approximate surface area is 224 Å². The lowest BCUT2D eigenvalue weighted by molar-refractivity contribution is -0.115. The van der Waals surface area contributed by atoms with Crippen molar-refractivity contribution in [1.82, 2.24) is 20.2 Å². The van der Waals surface area contributed by atoms with Crippen LogP contribution in [0.15, 0.2) is 71.6 Å². The first-order valence-electron chi connectivity index (χ1n) is 12.4. The number of carbonyl (C=O) groups is 3. The van der Waals surface area contributed by atoms with E-state index >= 15 is 0 Å². The monoisotopic (exact) mass is 526 g/mol. The lowest BCUT2D eigenvalue weighted by atomic mass is 9.72. The van der Waals surface area contributed by atoms with Crippen LogP contribution in [0.3, 0.4) is 0 Å². The Hall–Kier alpha value is -4.18. The van der Waals surface area contributed by atoms with E-state index in [2.05, 4.69) is 22.3 Å². The van der Waals surface area contributed by atoms with Crippen molar-refractivity contribution in [1.29, 1.82) is 0 Å². The molecule has 3 fully saturated rings. The number of rotatable bonds is 6. The second-order valence-electron chi connectivity index (χ2n) is 10.0. The zero-order chi connectivity index (χ0) is 26.3. The second kappa shape index (κ2) is 9.60. The summed E-state index contributed by atoms with van der Waals surface area (Å²) in [5.41, 5.74) is 2.46. The Bertz CT molecular complexity index is 1430. The number of amides is 3. The van der Waals surface area contributed by atoms with Crippen LogP contribution in [0.1, 0.15) is 21.6 Å². The van der Waals surface area contributed by atoms with Crippen LogP contribution in [0.4, 0.5) is 16.6 Å². The third-order valence-corrected chi connectivity index (χ3v) is 7.80. The van der Waals surface area contributed by atoms with Crippen molar-refractivity contribution in [3.05, 3.63) is 88.5 Å². The minimum Gasteiger partial charge on any atom is -0.355 e. The van der Waals surface area contributed by atoms with E-state index < -0.39 is 5.91 Å². The standard InChI is InChI=1S/C28H26N6O3S/c1-32(14-19-8-4-2-5-9-19)23-13-21(12-22-24(35)31-27(37)38-22)29-26(30-23)34-17-28(18-34)15-33(16-28)25(36)20-10-6-3-7-11-20/h2-13H,14-18H2,1H3,(H,31,35,37)/b22-12+. The van der Waals surface area contributed by atoms with Gasteiger partial charge in [-0.2, -0.15) is 4.98 Å². The molecule has 3 aliphatic heterocycles. The van der Waals surface area contributed by atoms with Gasteiger partial charge >= 0.3 is 0 Å². The molecule has 10 heteroatoms. The molecule has 192 valence electrons. The summed E-state index contributed by atoms with van der Waals surface area (Å²) in [6, 6.07) is 21.3. The quantitative estimate of drug-likeness (QED) is 0.488. The Kier molecular flexibility index (Phi) is 6.11. The van der Waals surface area contributed by atoms with E-state index in [4.69, 9.17) is 9.97 Å². The zero-order valence-corrected chi connectivity index (χ0v) is 21.6. The van der Waals surface area contributed by atoms with Gasteiger partial charge < -0.3 is 14.7 Å². The van der Waals surface area contributed by atoms with E-state index in [9.17, 15) is 14.4 Å². The lowest BCUT2D eigenvalue weighted by Gasteiger charge is -2.60. The summed E-state index contributed by atoms with van der Waals surface area (Å²) in [6.07, 6.45) is 1.63. The van der Waals surface area contributed by atoms with Gasteiger partial charge in [0, 0.05) is 56.8 Å². The van der Waals surface area contributed by atoms with Crippen molar-refractivity contribution < 1.29 is 14.4 Å². The van der Waals surface area contributed by atoms with Crippen LogP contribution in [0, 0.1) is 5.41 Å². The fourth-order valence-corrected chi connectivity index (χ4v) is 5.79. The normalized spacial score (nSPS) is 18.8. The van der Waals surface area contributed by atoms with Gasteiger partial charge in [0.2, 0.25) is 5.95 Å². The molecule has 0 atom stereocenters. The third-order valence-electron chi connectivity index (χ3n) is 6.99. The molecular weight excluding hydrogens is 500 g/mol. The van der Waals surface area contributed by atoms with Crippen molar-refractivity contribution >= 4 is 46.7 Å². The highest BCUT2D eigenvalue weighted by molar-refractivity contribution is 8.18. The Morgan fingerprint density at radius 1 is 1.03 bits per heavy atom. The number of imide groups is 1. The molecule has 4 heterocycles. The van der Waals surface area contributed by atoms with Crippen molar-refractivity contribution in [2.75, 3.05) is 43.0 Å². The van der Waals surface area contributed by atoms with Gasteiger partial charge in [0.05, 0.1) is 10.6 Å². The lowest BCUT2D eigenvalue weighted by Crippen LogP contribution is -2.73. The van der Waals surface area contributed by atoms with E-state index in [1.807, 2.05) is 71.4 Å². The molecule has 1 N–H and O–H groups in total. The summed E-state index contributed by atoms with van der Waals surface area (Å²) in [4.78, 5) is 52.5. The van der Waals surface area contributed by atoms with Crippen LogP contribution in [0.5, 0.6) is 0 Å². The minimum absolute atomic E-state index is 0.0476. The average Bonchev–Trinajstić information content (AvgIpc) is 3.19. The summed E-state index contributed by atoms with van der Waals surface area (Å²) < 4.78 is 0. The third kappa shape index (κ3) is 4.74. The molecule has 6 rings (SSSR count). The van der Waals surface area contributed by atoms with Crippen LogP contribution in [0.2, 0.25) is 0 Å². The largest absolute Gasteiger partial charge is 0.355 e. The Morgan fingerprint density at radius 2 is 1.71 bits per heavy atom. The summed E-state index contributed by atoms with van der Waals surface area (Å²) in [6.45, 7) is 3.57. The van der Waals surface area contributed by atoms with Crippen molar-refractivity contribution in [2.45, 2.75) is 6.54 Å². The van der Waals surface area contributed by atoms with E-state index in [-0.39, 0.29) is 16.6 Å². The second-order valence-corrected chi connectivity index (χ2v) is 11.0. The molecule has 1 spiro atoms. The number of nitrogens with one attached hydrogen (secondary N) is 1. The molecule has 0 saturated carbocycles. The summed E-state index contributed by atoms with van der Waals surface area (Å²) in [5, 5.41) is 1.90. The molecule has 3 saturated heterocycles. The number of benzene rings is 2. The van der Waals surface area contributed by atoms with Crippen molar-refractivity contribution in [3.8, 4) is 0 Å². The van der Waals surface area contributed by atoms with E-state index in [0.717, 1.165) is 36.2 Å². The van der Waals surface area contributed by atoms with Crippen molar-refractivity contribution in [3.63, 3.8) is 0 Å². The zero-order valence-electron chi connectivity index (χ0n) is 20.8. The summed E-state index contributed by atoms with van der Waals surface area (Å²) in [7, 11) is 1.97. The van der Waals surface area contributed by atoms with Gasteiger partial charge in [0.25, 0.3) is 17.1 Å². The number of anilines is 2. The first kappa shape index (κ1) is 24.2. The molecule has 0 bridgehead atoms. The number of nitrogens with zero attached hydrogens (tertiary/aromatic N) is 5. The smallest absolute Gasteiger partial charge is 0.290 e. The maximum absolute atomic E-state index is 12.8. The topological polar surface area (TPSA) is 98.7 Å². The van der Waals surface area contributed by atoms with Crippen LogP contribution < -0.4 is 15.1 Å². The number of hydrogen-bond acceptors (Lipinski definition) is 8. The van der Waals surface area contributed by atoms with Gasteiger partial charge in [0.15, 0.2) is 0 Å². The van der Waals surface area contributed by atoms with E-state index in [1.165, 1.54) is 0 Å². The van der Waals surface area contributed by atoms with Gasteiger partial charge in [-0.1, -0.05) is 48.5 Å². The molecule has 0 radical (unpaired) electrons. The molecular formula is C28H26N6O3S. The number of carbonyl (C=O) groups excluding carboxylic acids is 3. The van der Waals surface area contributed by atoms with Crippen LogP contribution in [-0.2, 0) is 11.3 Å². The number of hydrogen-bond donors (Lipinski definition) is 1. The molecule has 0 aliphatic carbocycles. The van der Waals surface area contributed by atoms with Crippen LogP contribution >= 0.6 is 11.8 Å². The Morgan fingerprint density at radius 3 is 2.37 bits per heavy atom. The summed E-state index contributed by atoms with van der Waals surface area (Å²) >= 11 is 0.869. The molecule has 3 aromatic rings. The number of thioether (sulfide) groups is 1. The highest BCUT2D eigenvalue weighted by atomic mass is 32.2. The van der Waals surface area contributed by atoms with Gasteiger partial charge in [-0.25, -0.2) is 4.98 Å². The molecule has 38 heavy (non-hydrogen) atoms. The molecule has 1 aromatic heterocycles. The van der Waals surface area contributed by atoms with Gasteiger partial charge in [-0.3, -0.25) is 19.7 Å². The fourth-order valence-electron chi connectivity index (χ4n) is 5.12. The Balaban J connectivity index is 1.20. The first-order chi connectivity index (χ1) is 18.4. The fraction of sp³-hybridized carbons (Fsp3) is 0.250. The molecule has 3 aliphatic rings. The van der Waals surface area contributed by atoms with E-state index in [0.29, 0.717) is 41.7 Å². The molecule has 2 aromatic carbocycles. The van der Waals surface area contributed by atoms with Crippen LogP contribution in [0.25, 0.3) is 6.08 Å². The maximum Gasteiger partial charge on any atom is 0.290 e. The van der Waals surface area contributed by atoms with E-state index in [1.54, 1.807) is 6.08 Å². The predicted octanol–water partition coefficient (Wildman–Crippen LogP) is 3.40. The minimum atomic E-state index is -0.417. The van der Waals surface area contributed by atoms with Gasteiger partial charge in [0.1, 0.15) is 5.82 Å². The molecule has 3 amide bonds. The summed E-state index contributed by atoms with van der Waals surface area (Å²) in [5.74, 6) is 0.935.